The van der Waals surface area contributed by atoms with Crippen LogP contribution >= 0.6 is 23.4 Å². The molecule has 9 heteroatoms. The van der Waals surface area contributed by atoms with Gasteiger partial charge in [-0.25, -0.2) is 0 Å². The molecule has 1 atom stereocenters. The number of rotatable bonds is 10. The van der Waals surface area contributed by atoms with E-state index in [0.29, 0.717) is 33.8 Å². The molecule has 0 aliphatic carbocycles. The standard InChI is InChI=1S/C24H26ClN5O2S/c1-4-14-30-22(21(16(2)3)27-23(32)17-10-6-5-7-11-17)28-29-24(30)33-15-20(31)26-19-13-9-8-12-18(19)25/h4-13,16,21H,1,14-15H2,2-3H3,(H,26,31)(H,27,32)/t21-/m0/s1. The highest BCUT2D eigenvalue weighted by Crippen LogP contribution is 2.26. The first kappa shape index (κ1) is 24.5. The van der Waals surface area contributed by atoms with Crippen molar-refractivity contribution in [2.75, 3.05) is 11.1 Å². The van der Waals surface area contributed by atoms with Crippen LogP contribution in [0, 0.1) is 5.92 Å². The molecule has 0 fully saturated rings. The van der Waals surface area contributed by atoms with Gasteiger partial charge in [0.05, 0.1) is 22.5 Å². The van der Waals surface area contributed by atoms with E-state index in [2.05, 4.69) is 27.4 Å². The molecule has 7 nitrogen and oxygen atoms in total. The number of hydrogen-bond acceptors (Lipinski definition) is 5. The van der Waals surface area contributed by atoms with Crippen molar-refractivity contribution in [3.8, 4) is 0 Å². The van der Waals surface area contributed by atoms with Gasteiger partial charge in [-0.1, -0.05) is 73.6 Å². The summed E-state index contributed by atoms with van der Waals surface area (Å²) in [6.45, 7) is 8.28. The lowest BCUT2D eigenvalue weighted by Crippen LogP contribution is -2.33. The Hall–Kier alpha value is -3.10. The van der Waals surface area contributed by atoms with Gasteiger partial charge < -0.3 is 15.2 Å². The molecule has 0 unspecified atom stereocenters. The molecule has 0 spiro atoms. The zero-order valence-electron chi connectivity index (χ0n) is 18.5. The summed E-state index contributed by atoms with van der Waals surface area (Å²) in [5.74, 6) is 0.412. The van der Waals surface area contributed by atoms with Gasteiger partial charge in [0.25, 0.3) is 5.91 Å². The van der Waals surface area contributed by atoms with Gasteiger partial charge in [-0.15, -0.1) is 16.8 Å². The van der Waals surface area contributed by atoms with Crippen LogP contribution in [0.15, 0.2) is 72.4 Å². The van der Waals surface area contributed by atoms with Crippen LogP contribution in [0.4, 0.5) is 5.69 Å². The topological polar surface area (TPSA) is 88.9 Å². The normalized spacial score (nSPS) is 11.8. The highest BCUT2D eigenvalue weighted by molar-refractivity contribution is 7.99. The quantitative estimate of drug-likeness (QED) is 0.314. The van der Waals surface area contributed by atoms with Crippen molar-refractivity contribution in [3.05, 3.63) is 83.7 Å². The molecular formula is C24H26ClN5O2S. The predicted molar refractivity (Wildman–Crippen MR) is 133 cm³/mol. The molecule has 0 aliphatic heterocycles. The van der Waals surface area contributed by atoms with E-state index >= 15 is 0 Å². The third kappa shape index (κ3) is 6.46. The van der Waals surface area contributed by atoms with Crippen LogP contribution in [-0.4, -0.2) is 32.3 Å². The first-order valence-corrected chi connectivity index (χ1v) is 11.8. The van der Waals surface area contributed by atoms with Crippen molar-refractivity contribution in [2.24, 2.45) is 5.92 Å². The minimum absolute atomic E-state index is 0.0619. The fraction of sp³-hybridized carbons (Fsp3) is 0.250. The van der Waals surface area contributed by atoms with E-state index in [4.69, 9.17) is 11.6 Å². The number of para-hydroxylation sites is 1. The lowest BCUT2D eigenvalue weighted by atomic mass is 10.0. The molecule has 1 aromatic heterocycles. The van der Waals surface area contributed by atoms with Gasteiger partial charge in [-0.3, -0.25) is 9.59 Å². The maximum absolute atomic E-state index is 12.8. The summed E-state index contributed by atoms with van der Waals surface area (Å²) in [7, 11) is 0. The van der Waals surface area contributed by atoms with Gasteiger partial charge in [0, 0.05) is 12.1 Å². The number of thioether (sulfide) groups is 1. The summed E-state index contributed by atoms with van der Waals surface area (Å²) in [5.41, 5.74) is 1.13. The molecule has 3 rings (SSSR count). The van der Waals surface area contributed by atoms with Crippen molar-refractivity contribution in [1.29, 1.82) is 0 Å². The molecular weight excluding hydrogens is 458 g/mol. The highest BCUT2D eigenvalue weighted by Gasteiger charge is 2.26. The highest BCUT2D eigenvalue weighted by atomic mass is 35.5. The third-order valence-corrected chi connectivity index (χ3v) is 6.10. The van der Waals surface area contributed by atoms with Crippen LogP contribution in [0.5, 0.6) is 0 Å². The van der Waals surface area contributed by atoms with Crippen LogP contribution in [-0.2, 0) is 11.3 Å². The SMILES string of the molecule is C=CCn1c(SCC(=O)Nc2ccccc2Cl)nnc1[C@@H](NC(=O)c1ccccc1)C(C)C. The fourth-order valence-electron chi connectivity index (χ4n) is 3.16. The second-order valence-corrected chi connectivity index (χ2v) is 8.97. The van der Waals surface area contributed by atoms with Crippen LogP contribution in [0.3, 0.4) is 0 Å². The zero-order valence-corrected chi connectivity index (χ0v) is 20.1. The molecule has 3 aromatic rings. The van der Waals surface area contributed by atoms with E-state index in [1.165, 1.54) is 11.8 Å². The number of anilines is 1. The number of amides is 2. The lowest BCUT2D eigenvalue weighted by molar-refractivity contribution is -0.113. The molecule has 1 heterocycles. The summed E-state index contributed by atoms with van der Waals surface area (Å²) < 4.78 is 1.87. The largest absolute Gasteiger partial charge is 0.342 e. The van der Waals surface area contributed by atoms with Gasteiger partial charge in [0.2, 0.25) is 5.91 Å². The Balaban J connectivity index is 1.75. The van der Waals surface area contributed by atoms with Crippen LogP contribution < -0.4 is 10.6 Å². The van der Waals surface area contributed by atoms with Crippen LogP contribution in [0.1, 0.15) is 36.1 Å². The molecule has 172 valence electrons. The Kier molecular flexibility index (Phi) is 8.68. The molecule has 2 aromatic carbocycles. The zero-order chi connectivity index (χ0) is 23.8. The molecule has 2 N–H and O–H groups in total. The minimum Gasteiger partial charge on any atom is -0.342 e. The second-order valence-electron chi connectivity index (χ2n) is 7.62. The summed E-state index contributed by atoms with van der Waals surface area (Å²) in [4.78, 5) is 25.2. The Labute approximate surface area is 202 Å². The van der Waals surface area contributed by atoms with Crippen molar-refractivity contribution >= 4 is 40.9 Å². The van der Waals surface area contributed by atoms with Gasteiger partial charge in [0.15, 0.2) is 11.0 Å². The molecule has 0 radical (unpaired) electrons. The first-order chi connectivity index (χ1) is 15.9. The smallest absolute Gasteiger partial charge is 0.251 e. The molecule has 2 amide bonds. The van der Waals surface area contributed by atoms with E-state index in [0.717, 1.165) is 0 Å². The minimum atomic E-state index is -0.364. The van der Waals surface area contributed by atoms with Gasteiger partial charge in [-0.05, 0) is 30.2 Å². The third-order valence-electron chi connectivity index (χ3n) is 4.80. The van der Waals surface area contributed by atoms with Crippen molar-refractivity contribution in [2.45, 2.75) is 31.6 Å². The molecule has 0 aliphatic rings. The number of aromatic nitrogens is 3. The van der Waals surface area contributed by atoms with Gasteiger partial charge in [0.1, 0.15) is 0 Å². The Morgan fingerprint density at radius 2 is 1.82 bits per heavy atom. The number of nitrogens with one attached hydrogen (secondary N) is 2. The maximum atomic E-state index is 12.8. The summed E-state index contributed by atoms with van der Waals surface area (Å²) in [5, 5.41) is 15.5. The van der Waals surface area contributed by atoms with E-state index in [1.807, 2.05) is 36.6 Å². The number of benzene rings is 2. The number of allylic oxidation sites excluding steroid dienone is 1. The summed E-state index contributed by atoms with van der Waals surface area (Å²) in [6, 6.07) is 15.7. The number of nitrogens with zero attached hydrogens (tertiary/aromatic N) is 3. The second kappa shape index (κ2) is 11.7. The van der Waals surface area contributed by atoms with Crippen molar-refractivity contribution in [3.63, 3.8) is 0 Å². The molecule has 33 heavy (non-hydrogen) atoms. The van der Waals surface area contributed by atoms with Gasteiger partial charge in [-0.2, -0.15) is 0 Å². The lowest BCUT2D eigenvalue weighted by Gasteiger charge is -2.22. The number of carbonyl (C=O) groups excluding carboxylic acids is 2. The number of hydrogen-bond donors (Lipinski definition) is 2. The van der Waals surface area contributed by atoms with Crippen molar-refractivity contribution in [1.82, 2.24) is 20.1 Å². The Bertz CT molecular complexity index is 1120. The average molecular weight is 484 g/mol. The monoisotopic (exact) mass is 483 g/mol. The van der Waals surface area contributed by atoms with E-state index in [1.54, 1.807) is 42.5 Å². The summed E-state index contributed by atoms with van der Waals surface area (Å²) >= 11 is 7.37. The number of carbonyl (C=O) groups is 2. The van der Waals surface area contributed by atoms with Crippen molar-refractivity contribution < 1.29 is 9.59 Å². The Morgan fingerprint density at radius 3 is 2.48 bits per heavy atom. The van der Waals surface area contributed by atoms with E-state index in [-0.39, 0.29) is 29.5 Å². The van der Waals surface area contributed by atoms with E-state index in [9.17, 15) is 9.59 Å². The average Bonchev–Trinajstić information content (AvgIpc) is 3.20. The maximum Gasteiger partial charge on any atom is 0.251 e. The fourth-order valence-corrected chi connectivity index (χ4v) is 4.10. The summed E-state index contributed by atoms with van der Waals surface area (Å²) in [6.07, 6.45) is 1.73. The number of halogens is 1. The predicted octanol–water partition coefficient (Wildman–Crippen LogP) is 4.98. The first-order valence-electron chi connectivity index (χ1n) is 10.5. The molecule has 0 saturated carbocycles. The Morgan fingerprint density at radius 1 is 1.12 bits per heavy atom. The molecule has 0 bridgehead atoms. The van der Waals surface area contributed by atoms with Gasteiger partial charge >= 0.3 is 0 Å². The van der Waals surface area contributed by atoms with E-state index < -0.39 is 0 Å². The molecule has 0 saturated heterocycles. The van der Waals surface area contributed by atoms with Crippen LogP contribution in [0.25, 0.3) is 0 Å². The van der Waals surface area contributed by atoms with Crippen LogP contribution in [0.2, 0.25) is 5.02 Å².